The fourth-order valence-corrected chi connectivity index (χ4v) is 2.57. The monoisotopic (exact) mass is 288 g/mol. The van der Waals surface area contributed by atoms with Crippen LogP contribution in [0, 0.1) is 5.92 Å². The van der Waals surface area contributed by atoms with Gasteiger partial charge in [0.1, 0.15) is 0 Å². The molecule has 2 unspecified atom stereocenters. The van der Waals surface area contributed by atoms with Crippen LogP contribution in [0.15, 0.2) is 30.3 Å². The molecule has 0 aliphatic heterocycles. The first-order valence-electron chi connectivity index (χ1n) is 7.11. The third-order valence-corrected chi connectivity index (χ3v) is 3.73. The molecule has 1 aromatic rings. The molecule has 5 nitrogen and oxygen atoms in total. The second kappa shape index (κ2) is 6.92. The van der Waals surface area contributed by atoms with Crippen molar-refractivity contribution < 1.29 is 14.7 Å². The van der Waals surface area contributed by atoms with Gasteiger partial charge in [-0.2, -0.15) is 0 Å². The Kier molecular flexibility index (Phi) is 4.98. The first-order valence-corrected chi connectivity index (χ1v) is 7.11. The van der Waals surface area contributed by atoms with Crippen LogP contribution in [-0.4, -0.2) is 23.0 Å². The van der Waals surface area contributed by atoms with Gasteiger partial charge in [0.05, 0.1) is 5.92 Å². The maximum absolute atomic E-state index is 11.9. The van der Waals surface area contributed by atoms with Crippen molar-refractivity contribution in [3.8, 4) is 0 Å². The average molecular weight is 288 g/mol. The fourth-order valence-electron chi connectivity index (χ4n) is 2.57. The van der Waals surface area contributed by atoms with E-state index >= 15 is 0 Å². The number of nitrogens with one attached hydrogen (secondary N) is 1. The SMILES string of the molecule is Nc1ccc(/C=C/C(=O)NC2CCCC(C(=O)O)C2)cc1. The minimum atomic E-state index is -0.772. The standard InChI is InChI=1S/C16H20N2O3/c17-13-7-4-11(5-8-13)6-9-15(19)18-14-3-1-2-12(10-14)16(20)21/h4-9,12,14H,1-3,10,17H2,(H,18,19)(H,20,21)/b9-6+. The molecule has 1 saturated carbocycles. The number of aliphatic carboxylic acids is 1. The highest BCUT2D eigenvalue weighted by Gasteiger charge is 2.27. The Morgan fingerprint density at radius 3 is 2.62 bits per heavy atom. The Hall–Kier alpha value is -2.30. The molecular formula is C16H20N2O3. The van der Waals surface area contributed by atoms with Crippen molar-refractivity contribution in [3.05, 3.63) is 35.9 Å². The molecule has 1 aliphatic rings. The molecule has 2 rings (SSSR count). The van der Waals surface area contributed by atoms with Crippen LogP contribution in [0.3, 0.4) is 0 Å². The van der Waals surface area contributed by atoms with Gasteiger partial charge in [0, 0.05) is 17.8 Å². The third kappa shape index (κ3) is 4.63. The van der Waals surface area contributed by atoms with Crippen molar-refractivity contribution in [3.63, 3.8) is 0 Å². The molecule has 1 fully saturated rings. The van der Waals surface area contributed by atoms with Gasteiger partial charge in [0.15, 0.2) is 0 Å². The number of nitrogen functional groups attached to an aromatic ring is 1. The zero-order valence-electron chi connectivity index (χ0n) is 11.8. The van der Waals surface area contributed by atoms with Crippen LogP contribution >= 0.6 is 0 Å². The summed E-state index contributed by atoms with van der Waals surface area (Å²) in [6.45, 7) is 0. The predicted octanol–water partition coefficient (Wildman–Crippen LogP) is 2.04. The Balaban J connectivity index is 1.86. The van der Waals surface area contributed by atoms with E-state index in [2.05, 4.69) is 5.32 Å². The number of carboxylic acid groups (broad SMARTS) is 1. The summed E-state index contributed by atoms with van der Waals surface area (Å²) in [6, 6.07) is 7.16. The van der Waals surface area contributed by atoms with Crippen LogP contribution in [0.1, 0.15) is 31.2 Å². The second-order valence-electron chi connectivity index (χ2n) is 5.41. The number of rotatable bonds is 4. The summed E-state index contributed by atoms with van der Waals surface area (Å²) < 4.78 is 0. The lowest BCUT2D eigenvalue weighted by Crippen LogP contribution is -2.39. The van der Waals surface area contributed by atoms with E-state index in [0.29, 0.717) is 18.5 Å². The summed E-state index contributed by atoms with van der Waals surface area (Å²) >= 11 is 0. The number of nitrogens with two attached hydrogens (primary N) is 1. The lowest BCUT2D eigenvalue weighted by Gasteiger charge is -2.26. The summed E-state index contributed by atoms with van der Waals surface area (Å²) in [4.78, 5) is 22.8. The normalized spacial score (nSPS) is 22.1. The van der Waals surface area contributed by atoms with E-state index in [1.807, 2.05) is 12.1 Å². The Morgan fingerprint density at radius 1 is 1.24 bits per heavy atom. The molecule has 0 heterocycles. The van der Waals surface area contributed by atoms with E-state index < -0.39 is 5.97 Å². The molecule has 0 bridgehead atoms. The molecule has 1 amide bonds. The van der Waals surface area contributed by atoms with Gasteiger partial charge < -0.3 is 16.2 Å². The Morgan fingerprint density at radius 2 is 1.95 bits per heavy atom. The first-order chi connectivity index (χ1) is 10.0. The van der Waals surface area contributed by atoms with Gasteiger partial charge in [0.2, 0.25) is 5.91 Å². The van der Waals surface area contributed by atoms with Crippen LogP contribution in [-0.2, 0) is 9.59 Å². The van der Waals surface area contributed by atoms with Crippen molar-refractivity contribution in [2.24, 2.45) is 5.92 Å². The molecular weight excluding hydrogens is 268 g/mol. The highest BCUT2D eigenvalue weighted by atomic mass is 16.4. The maximum atomic E-state index is 11.9. The van der Waals surface area contributed by atoms with Gasteiger partial charge in [0.25, 0.3) is 0 Å². The number of benzene rings is 1. The summed E-state index contributed by atoms with van der Waals surface area (Å²) in [5.41, 5.74) is 7.17. The lowest BCUT2D eigenvalue weighted by atomic mass is 9.86. The van der Waals surface area contributed by atoms with Crippen molar-refractivity contribution in [1.82, 2.24) is 5.32 Å². The van der Waals surface area contributed by atoms with Crippen molar-refractivity contribution >= 4 is 23.6 Å². The first kappa shape index (κ1) is 15.1. The van der Waals surface area contributed by atoms with Gasteiger partial charge in [-0.25, -0.2) is 0 Å². The second-order valence-corrected chi connectivity index (χ2v) is 5.41. The van der Waals surface area contributed by atoms with E-state index in [1.165, 1.54) is 6.08 Å². The molecule has 1 aromatic carbocycles. The molecule has 1 aliphatic carbocycles. The molecule has 0 saturated heterocycles. The van der Waals surface area contributed by atoms with Gasteiger partial charge in [-0.3, -0.25) is 9.59 Å². The van der Waals surface area contributed by atoms with Crippen molar-refractivity contribution in [2.45, 2.75) is 31.7 Å². The zero-order valence-corrected chi connectivity index (χ0v) is 11.8. The zero-order chi connectivity index (χ0) is 15.2. The van der Waals surface area contributed by atoms with E-state index in [1.54, 1.807) is 18.2 Å². The average Bonchev–Trinajstić information content (AvgIpc) is 2.47. The summed E-state index contributed by atoms with van der Waals surface area (Å²) in [5, 5.41) is 11.9. The van der Waals surface area contributed by atoms with Crippen molar-refractivity contribution in [2.75, 3.05) is 5.73 Å². The van der Waals surface area contributed by atoms with Gasteiger partial charge in [-0.05, 0) is 43.0 Å². The summed E-state index contributed by atoms with van der Waals surface area (Å²) in [6.07, 6.45) is 6.07. The number of carbonyl (C=O) groups excluding carboxylic acids is 1. The van der Waals surface area contributed by atoms with Crippen LogP contribution in [0.4, 0.5) is 5.69 Å². The molecule has 5 heteroatoms. The molecule has 0 aromatic heterocycles. The van der Waals surface area contributed by atoms with E-state index in [0.717, 1.165) is 18.4 Å². The summed E-state index contributed by atoms with van der Waals surface area (Å²) in [5.74, 6) is -1.31. The quantitative estimate of drug-likeness (QED) is 0.584. The molecule has 112 valence electrons. The topological polar surface area (TPSA) is 92.4 Å². The molecule has 4 N–H and O–H groups in total. The number of carbonyl (C=O) groups is 2. The lowest BCUT2D eigenvalue weighted by molar-refractivity contribution is -0.143. The van der Waals surface area contributed by atoms with Crippen LogP contribution in [0.25, 0.3) is 6.08 Å². The fraction of sp³-hybridized carbons (Fsp3) is 0.375. The highest BCUT2D eigenvalue weighted by Crippen LogP contribution is 2.24. The Bertz CT molecular complexity index is 537. The highest BCUT2D eigenvalue weighted by molar-refractivity contribution is 5.92. The molecule has 21 heavy (non-hydrogen) atoms. The van der Waals surface area contributed by atoms with E-state index in [4.69, 9.17) is 10.8 Å². The number of amides is 1. The smallest absolute Gasteiger partial charge is 0.306 e. The maximum Gasteiger partial charge on any atom is 0.306 e. The van der Waals surface area contributed by atoms with E-state index in [-0.39, 0.29) is 17.9 Å². The predicted molar refractivity (Wildman–Crippen MR) is 81.4 cm³/mol. The van der Waals surface area contributed by atoms with Crippen LogP contribution in [0.2, 0.25) is 0 Å². The Labute approximate surface area is 123 Å². The molecule has 2 atom stereocenters. The van der Waals surface area contributed by atoms with Gasteiger partial charge in [-0.15, -0.1) is 0 Å². The minimum Gasteiger partial charge on any atom is -0.481 e. The van der Waals surface area contributed by atoms with Crippen LogP contribution < -0.4 is 11.1 Å². The van der Waals surface area contributed by atoms with Crippen molar-refractivity contribution in [1.29, 1.82) is 0 Å². The number of hydrogen-bond donors (Lipinski definition) is 3. The minimum absolute atomic E-state index is 0.0524. The molecule has 0 radical (unpaired) electrons. The van der Waals surface area contributed by atoms with Gasteiger partial charge in [-0.1, -0.05) is 18.6 Å². The largest absolute Gasteiger partial charge is 0.481 e. The summed E-state index contributed by atoms with van der Waals surface area (Å²) in [7, 11) is 0. The number of anilines is 1. The number of carboxylic acids is 1. The van der Waals surface area contributed by atoms with Gasteiger partial charge >= 0.3 is 5.97 Å². The van der Waals surface area contributed by atoms with E-state index in [9.17, 15) is 9.59 Å². The number of hydrogen-bond acceptors (Lipinski definition) is 3. The third-order valence-electron chi connectivity index (χ3n) is 3.73. The van der Waals surface area contributed by atoms with Crippen LogP contribution in [0.5, 0.6) is 0 Å². The molecule has 0 spiro atoms.